The van der Waals surface area contributed by atoms with Crippen LogP contribution in [0.4, 0.5) is 16.0 Å². The Morgan fingerprint density at radius 3 is 2.45 bits per heavy atom. The molecule has 1 aliphatic rings. The number of para-hydroxylation sites is 1. The van der Waals surface area contributed by atoms with Crippen molar-refractivity contribution in [3.63, 3.8) is 0 Å². The molecule has 3 aromatic carbocycles. The van der Waals surface area contributed by atoms with Gasteiger partial charge in [0.2, 0.25) is 5.95 Å². The van der Waals surface area contributed by atoms with Crippen molar-refractivity contribution in [3.05, 3.63) is 112 Å². The number of nitrogens with one attached hydrogen (secondary N) is 1. The first-order valence-electron chi connectivity index (χ1n) is 13.6. The lowest BCUT2D eigenvalue weighted by Gasteiger charge is -2.32. The number of hydrogen-bond acceptors (Lipinski definition) is 8. The van der Waals surface area contributed by atoms with Gasteiger partial charge in [-0.3, -0.25) is 14.9 Å². The Labute approximate surface area is 256 Å². The Hall–Kier alpha value is -4.88. The summed E-state index contributed by atoms with van der Waals surface area (Å²) in [6.07, 6.45) is 3.97. The number of rotatable bonds is 7. The molecular formula is C30H24ClFN6O5S. The summed E-state index contributed by atoms with van der Waals surface area (Å²) >= 11 is 6.54. The number of nitro groups is 1. The molecule has 11 nitrogen and oxygen atoms in total. The van der Waals surface area contributed by atoms with Gasteiger partial charge < -0.3 is 10.2 Å². The van der Waals surface area contributed by atoms with Crippen molar-refractivity contribution in [2.45, 2.75) is 23.8 Å². The third-order valence-corrected chi connectivity index (χ3v) is 9.45. The Morgan fingerprint density at radius 2 is 1.75 bits per heavy atom. The Balaban J connectivity index is 1.22. The fourth-order valence-electron chi connectivity index (χ4n) is 5.24. The van der Waals surface area contributed by atoms with Crippen LogP contribution in [-0.4, -0.2) is 57.2 Å². The van der Waals surface area contributed by atoms with Crippen LogP contribution in [0, 0.1) is 15.9 Å². The summed E-state index contributed by atoms with van der Waals surface area (Å²) in [7, 11) is -3.91. The summed E-state index contributed by atoms with van der Waals surface area (Å²) in [5, 5.41) is 15.0. The Morgan fingerprint density at radius 1 is 1.05 bits per heavy atom. The van der Waals surface area contributed by atoms with Crippen molar-refractivity contribution in [1.29, 1.82) is 0 Å². The molecule has 1 N–H and O–H groups in total. The smallest absolute Gasteiger partial charge is 0.272 e. The predicted octanol–water partition coefficient (Wildman–Crippen LogP) is 5.75. The highest BCUT2D eigenvalue weighted by Gasteiger charge is 2.28. The van der Waals surface area contributed by atoms with Gasteiger partial charge in [0.1, 0.15) is 5.82 Å². The highest BCUT2D eigenvalue weighted by atomic mass is 35.5. The Kier molecular flexibility index (Phi) is 7.74. The zero-order valence-electron chi connectivity index (χ0n) is 22.9. The molecule has 0 spiro atoms. The second-order valence-corrected chi connectivity index (χ2v) is 12.4. The van der Waals surface area contributed by atoms with E-state index in [2.05, 4.69) is 15.3 Å². The van der Waals surface area contributed by atoms with Crippen LogP contribution in [0.25, 0.3) is 22.2 Å². The normalized spacial score (nSPS) is 14.1. The first kappa shape index (κ1) is 29.2. The van der Waals surface area contributed by atoms with Gasteiger partial charge in [0.05, 0.1) is 43.9 Å². The van der Waals surface area contributed by atoms with Crippen molar-refractivity contribution in [3.8, 4) is 11.3 Å². The molecule has 0 aliphatic carbocycles. The lowest BCUT2D eigenvalue weighted by atomic mass is 10.0. The molecule has 3 heterocycles. The topological polar surface area (TPSA) is 140 Å². The lowest BCUT2D eigenvalue weighted by Crippen LogP contribution is -2.42. The number of likely N-dealkylation sites (tertiary alicyclic amines) is 1. The van der Waals surface area contributed by atoms with Gasteiger partial charge >= 0.3 is 0 Å². The molecule has 0 radical (unpaired) electrons. The number of carbonyl (C=O) groups is 1. The number of non-ortho nitro benzene ring substituents is 1. The maximum absolute atomic E-state index is 14.4. The number of benzene rings is 3. The predicted molar refractivity (Wildman–Crippen MR) is 163 cm³/mol. The van der Waals surface area contributed by atoms with Crippen LogP contribution >= 0.6 is 11.6 Å². The average Bonchev–Trinajstić information content (AvgIpc) is 3.43. The molecule has 1 saturated heterocycles. The van der Waals surface area contributed by atoms with Gasteiger partial charge in [0, 0.05) is 42.3 Å². The van der Waals surface area contributed by atoms with Crippen molar-refractivity contribution in [2.24, 2.45) is 0 Å². The number of nitro benzene ring substituents is 1. The van der Waals surface area contributed by atoms with Crippen LogP contribution in [0.5, 0.6) is 0 Å². The van der Waals surface area contributed by atoms with E-state index in [-0.39, 0.29) is 27.5 Å². The second-order valence-electron chi connectivity index (χ2n) is 10.2. The van der Waals surface area contributed by atoms with E-state index in [9.17, 15) is 27.7 Å². The molecule has 1 amide bonds. The minimum absolute atomic E-state index is 0.116. The third-order valence-electron chi connectivity index (χ3n) is 7.49. The number of halogens is 2. The van der Waals surface area contributed by atoms with E-state index >= 15 is 0 Å². The first-order valence-corrected chi connectivity index (χ1v) is 15.4. The summed E-state index contributed by atoms with van der Waals surface area (Å²) in [6, 6.07) is 18.1. The fraction of sp³-hybridized carbons (Fsp3) is 0.167. The van der Waals surface area contributed by atoms with Crippen molar-refractivity contribution in [2.75, 3.05) is 18.4 Å². The van der Waals surface area contributed by atoms with Gasteiger partial charge in [0.25, 0.3) is 21.6 Å². The second kappa shape index (κ2) is 11.7. The highest BCUT2D eigenvalue weighted by Crippen LogP contribution is 2.36. The molecule has 1 aliphatic heterocycles. The van der Waals surface area contributed by atoms with Gasteiger partial charge in [-0.05, 0) is 37.1 Å². The van der Waals surface area contributed by atoms with E-state index in [1.54, 1.807) is 42.5 Å². The molecule has 14 heteroatoms. The van der Waals surface area contributed by atoms with Gasteiger partial charge in [0.15, 0.2) is 0 Å². The van der Waals surface area contributed by atoms with E-state index in [0.29, 0.717) is 48.1 Å². The molecule has 224 valence electrons. The number of piperidine rings is 1. The summed E-state index contributed by atoms with van der Waals surface area (Å²) < 4.78 is 42.7. The molecule has 6 rings (SSSR count). The molecule has 2 aromatic heterocycles. The molecule has 0 unspecified atom stereocenters. The number of amides is 1. The minimum atomic E-state index is -3.91. The van der Waals surface area contributed by atoms with Crippen LogP contribution in [-0.2, 0) is 10.0 Å². The zero-order valence-corrected chi connectivity index (χ0v) is 24.5. The number of aromatic nitrogens is 3. The summed E-state index contributed by atoms with van der Waals surface area (Å²) in [5.74, 6) is -1.20. The molecule has 1 fully saturated rings. The monoisotopic (exact) mass is 634 g/mol. The fourth-order valence-corrected chi connectivity index (χ4v) is 6.82. The number of nitrogens with zero attached hydrogens (tertiary/aromatic N) is 5. The maximum Gasteiger partial charge on any atom is 0.272 e. The minimum Gasteiger partial charge on any atom is -0.351 e. The summed E-state index contributed by atoms with van der Waals surface area (Å²) in [5.41, 5.74) is 0.689. The molecular weight excluding hydrogens is 611 g/mol. The molecule has 0 saturated carbocycles. The van der Waals surface area contributed by atoms with Gasteiger partial charge in [-0.15, -0.1) is 0 Å². The molecule has 44 heavy (non-hydrogen) atoms. The number of fused-ring (bicyclic) bond motifs is 1. The largest absolute Gasteiger partial charge is 0.351 e. The van der Waals surface area contributed by atoms with Crippen molar-refractivity contribution < 1.29 is 22.5 Å². The number of hydrogen-bond donors (Lipinski definition) is 1. The highest BCUT2D eigenvalue weighted by molar-refractivity contribution is 7.90. The van der Waals surface area contributed by atoms with Crippen molar-refractivity contribution >= 4 is 50.1 Å². The molecule has 5 aromatic rings. The first-order chi connectivity index (χ1) is 21.1. The van der Waals surface area contributed by atoms with E-state index < -0.39 is 32.4 Å². The summed E-state index contributed by atoms with van der Waals surface area (Å²) in [6.45, 7) is 0.635. The SMILES string of the molecule is O=C(c1ccc([N+](=O)[O-])cc1F)N1CCC(Nc2ncc(Cl)c(-c3cn(S(=O)(=O)c4ccccc4)c4ccccc34)n2)CC1. The average molecular weight is 635 g/mol. The molecule has 0 bridgehead atoms. The van der Waals surface area contributed by atoms with E-state index in [4.69, 9.17) is 11.6 Å². The van der Waals surface area contributed by atoms with Gasteiger partial charge in [-0.2, -0.15) is 0 Å². The number of anilines is 1. The lowest BCUT2D eigenvalue weighted by molar-refractivity contribution is -0.385. The maximum atomic E-state index is 14.4. The third kappa shape index (κ3) is 5.47. The van der Waals surface area contributed by atoms with Crippen LogP contribution in [0.1, 0.15) is 23.2 Å². The van der Waals surface area contributed by atoms with Gasteiger partial charge in [-0.25, -0.2) is 26.7 Å². The van der Waals surface area contributed by atoms with Gasteiger partial charge in [-0.1, -0.05) is 48.0 Å². The van der Waals surface area contributed by atoms with Crippen molar-refractivity contribution in [1.82, 2.24) is 18.8 Å². The number of carbonyl (C=O) groups excluding carboxylic acids is 1. The van der Waals surface area contributed by atoms with Crippen LogP contribution in [0.15, 0.2) is 90.1 Å². The zero-order chi connectivity index (χ0) is 31.0. The van der Waals surface area contributed by atoms with Crippen LogP contribution in [0.3, 0.4) is 0 Å². The quantitative estimate of drug-likeness (QED) is 0.176. The van der Waals surface area contributed by atoms with Crippen LogP contribution in [0.2, 0.25) is 5.02 Å². The van der Waals surface area contributed by atoms with E-state index in [1.165, 1.54) is 33.4 Å². The van der Waals surface area contributed by atoms with E-state index in [0.717, 1.165) is 18.2 Å². The van der Waals surface area contributed by atoms with E-state index in [1.807, 2.05) is 0 Å². The van der Waals surface area contributed by atoms with Crippen LogP contribution < -0.4 is 5.32 Å². The standard InChI is InChI=1S/C30H24ClFN6O5S/c31-25-17-33-30(34-19-12-14-36(15-13-19)29(39)23-11-10-20(38(40)41)16-26(23)32)35-28(25)24-18-37(27-9-5-4-8-22(24)27)44(42,43)21-6-2-1-3-7-21/h1-11,16-19H,12-15H2,(H,33,34,35). The Bertz CT molecular complexity index is 2010. The summed E-state index contributed by atoms with van der Waals surface area (Å²) in [4.78, 5) is 33.7. The molecule has 0 atom stereocenters.